The van der Waals surface area contributed by atoms with Gasteiger partial charge in [-0.05, 0) is 43.9 Å². The predicted octanol–water partition coefficient (Wildman–Crippen LogP) is 5.07. The van der Waals surface area contributed by atoms with Gasteiger partial charge in [0.25, 0.3) is 5.91 Å². The van der Waals surface area contributed by atoms with Crippen molar-refractivity contribution < 1.29 is 14.3 Å². The van der Waals surface area contributed by atoms with Crippen molar-refractivity contribution in [2.75, 3.05) is 0 Å². The third-order valence-corrected chi connectivity index (χ3v) is 5.26. The van der Waals surface area contributed by atoms with Crippen LogP contribution in [0.25, 0.3) is 0 Å². The number of halogens is 2. The number of nitrogens with one attached hydrogen (secondary N) is 1. The van der Waals surface area contributed by atoms with Gasteiger partial charge >= 0.3 is 5.97 Å². The fraction of sp³-hybridized carbons (Fsp3) is 0.579. The second kappa shape index (κ2) is 9.44. The van der Waals surface area contributed by atoms with Crippen LogP contribution >= 0.6 is 23.2 Å². The Morgan fingerprint density at radius 2 is 1.92 bits per heavy atom. The summed E-state index contributed by atoms with van der Waals surface area (Å²) in [7, 11) is 0. The van der Waals surface area contributed by atoms with E-state index in [1.165, 1.54) is 25.7 Å². The number of hydrogen-bond donors (Lipinski definition) is 1. The van der Waals surface area contributed by atoms with Crippen LogP contribution in [0.3, 0.4) is 0 Å². The SMILES string of the molecule is C[C@H](OC(=O)CCC1CCCC1)C(=O)N[C@@H](C)c1ccc(Cl)cc1Cl. The zero-order valence-electron chi connectivity index (χ0n) is 14.7. The van der Waals surface area contributed by atoms with Gasteiger partial charge in [-0.25, -0.2) is 0 Å². The van der Waals surface area contributed by atoms with Crippen LogP contribution < -0.4 is 5.32 Å². The molecule has 25 heavy (non-hydrogen) atoms. The molecule has 2 atom stereocenters. The number of amides is 1. The van der Waals surface area contributed by atoms with Crippen molar-refractivity contribution in [3.63, 3.8) is 0 Å². The van der Waals surface area contributed by atoms with Gasteiger partial charge in [0, 0.05) is 16.5 Å². The molecule has 0 bridgehead atoms. The lowest BCUT2D eigenvalue weighted by atomic mass is 10.0. The van der Waals surface area contributed by atoms with E-state index in [1.807, 2.05) is 6.92 Å². The lowest BCUT2D eigenvalue weighted by Gasteiger charge is -2.19. The summed E-state index contributed by atoms with van der Waals surface area (Å²) in [4.78, 5) is 24.2. The Hall–Kier alpha value is -1.26. The molecule has 1 N–H and O–H groups in total. The van der Waals surface area contributed by atoms with Crippen molar-refractivity contribution in [3.05, 3.63) is 33.8 Å². The number of hydrogen-bond acceptors (Lipinski definition) is 3. The van der Waals surface area contributed by atoms with Crippen LogP contribution in [0, 0.1) is 5.92 Å². The number of rotatable bonds is 7. The molecule has 1 amide bonds. The number of carbonyl (C=O) groups excluding carboxylic acids is 2. The second-order valence-corrected chi connectivity index (χ2v) is 7.56. The molecule has 1 saturated carbocycles. The first-order valence-corrected chi connectivity index (χ1v) is 9.57. The minimum atomic E-state index is -0.829. The molecule has 0 unspecified atom stereocenters. The van der Waals surface area contributed by atoms with Gasteiger partial charge in [0.05, 0.1) is 6.04 Å². The summed E-state index contributed by atoms with van der Waals surface area (Å²) in [6, 6.07) is 4.82. The molecule has 1 aliphatic carbocycles. The van der Waals surface area contributed by atoms with Gasteiger partial charge in [-0.15, -0.1) is 0 Å². The largest absolute Gasteiger partial charge is 0.453 e. The van der Waals surface area contributed by atoms with Gasteiger partial charge in [-0.1, -0.05) is 55.0 Å². The van der Waals surface area contributed by atoms with Crippen molar-refractivity contribution in [2.45, 2.75) is 64.5 Å². The molecular weight excluding hydrogens is 361 g/mol. The Kier molecular flexibility index (Phi) is 7.57. The van der Waals surface area contributed by atoms with E-state index in [4.69, 9.17) is 27.9 Å². The van der Waals surface area contributed by atoms with E-state index >= 15 is 0 Å². The van der Waals surface area contributed by atoms with Crippen molar-refractivity contribution in [3.8, 4) is 0 Å². The van der Waals surface area contributed by atoms with Crippen LogP contribution in [-0.4, -0.2) is 18.0 Å². The molecule has 1 aliphatic rings. The number of carbonyl (C=O) groups is 2. The monoisotopic (exact) mass is 385 g/mol. The van der Waals surface area contributed by atoms with Crippen molar-refractivity contribution in [2.24, 2.45) is 5.92 Å². The Morgan fingerprint density at radius 1 is 1.24 bits per heavy atom. The molecular formula is C19H25Cl2NO3. The number of ether oxygens (including phenoxy) is 1. The normalized spacial score (nSPS) is 17.1. The first-order valence-electron chi connectivity index (χ1n) is 8.81. The summed E-state index contributed by atoms with van der Waals surface area (Å²) in [6.07, 6.45) is 5.30. The predicted molar refractivity (Wildman–Crippen MR) is 99.8 cm³/mol. The Balaban J connectivity index is 1.79. The van der Waals surface area contributed by atoms with Crippen LogP contribution in [0.15, 0.2) is 18.2 Å². The van der Waals surface area contributed by atoms with Crippen LogP contribution in [0.2, 0.25) is 10.0 Å². The molecule has 0 aliphatic heterocycles. The molecule has 6 heteroatoms. The number of esters is 1. The van der Waals surface area contributed by atoms with E-state index in [0.29, 0.717) is 22.4 Å². The minimum Gasteiger partial charge on any atom is -0.453 e. The van der Waals surface area contributed by atoms with Crippen molar-refractivity contribution in [1.82, 2.24) is 5.32 Å². The van der Waals surface area contributed by atoms with Crippen molar-refractivity contribution >= 4 is 35.1 Å². The van der Waals surface area contributed by atoms with E-state index in [1.54, 1.807) is 25.1 Å². The maximum atomic E-state index is 12.2. The standard InChI is InChI=1S/C19H25Cl2NO3/c1-12(16-9-8-15(20)11-17(16)21)22-19(24)13(2)25-18(23)10-7-14-5-3-4-6-14/h8-9,11-14H,3-7,10H2,1-2H3,(H,22,24)/t12-,13-/m0/s1. The minimum absolute atomic E-state index is 0.308. The quantitative estimate of drug-likeness (QED) is 0.666. The Morgan fingerprint density at radius 3 is 2.56 bits per heavy atom. The van der Waals surface area contributed by atoms with E-state index in [2.05, 4.69) is 5.32 Å². The highest BCUT2D eigenvalue weighted by molar-refractivity contribution is 6.35. The van der Waals surface area contributed by atoms with Gasteiger partial charge in [0.2, 0.25) is 0 Å². The van der Waals surface area contributed by atoms with Gasteiger partial charge in [-0.3, -0.25) is 9.59 Å². The molecule has 0 aromatic heterocycles. The summed E-state index contributed by atoms with van der Waals surface area (Å²) in [6.45, 7) is 3.40. The van der Waals surface area contributed by atoms with Crippen molar-refractivity contribution in [1.29, 1.82) is 0 Å². The maximum Gasteiger partial charge on any atom is 0.306 e. The highest BCUT2D eigenvalue weighted by atomic mass is 35.5. The molecule has 1 fully saturated rings. The van der Waals surface area contributed by atoms with Crippen LogP contribution in [0.1, 0.15) is 64.0 Å². The fourth-order valence-electron chi connectivity index (χ4n) is 3.19. The molecule has 0 saturated heterocycles. The highest BCUT2D eigenvalue weighted by Gasteiger charge is 2.22. The average Bonchev–Trinajstić information content (AvgIpc) is 3.06. The van der Waals surface area contributed by atoms with E-state index in [-0.39, 0.29) is 17.9 Å². The number of benzene rings is 1. The molecule has 2 rings (SSSR count). The zero-order chi connectivity index (χ0) is 18.4. The summed E-state index contributed by atoms with van der Waals surface area (Å²) < 4.78 is 5.25. The summed E-state index contributed by atoms with van der Waals surface area (Å²) in [5.41, 5.74) is 0.763. The van der Waals surface area contributed by atoms with Gasteiger partial charge in [-0.2, -0.15) is 0 Å². The maximum absolute atomic E-state index is 12.2. The third-order valence-electron chi connectivity index (χ3n) is 4.70. The lowest BCUT2D eigenvalue weighted by molar-refractivity contribution is -0.155. The van der Waals surface area contributed by atoms with Gasteiger partial charge < -0.3 is 10.1 Å². The first-order chi connectivity index (χ1) is 11.9. The lowest BCUT2D eigenvalue weighted by Crippen LogP contribution is -2.37. The molecule has 138 valence electrons. The zero-order valence-corrected chi connectivity index (χ0v) is 16.2. The molecule has 1 aromatic rings. The van der Waals surface area contributed by atoms with E-state index in [0.717, 1.165) is 12.0 Å². The van der Waals surface area contributed by atoms with E-state index < -0.39 is 6.10 Å². The smallest absolute Gasteiger partial charge is 0.306 e. The highest BCUT2D eigenvalue weighted by Crippen LogP contribution is 2.29. The topological polar surface area (TPSA) is 55.4 Å². The summed E-state index contributed by atoms with van der Waals surface area (Å²) >= 11 is 12.0. The molecule has 1 aromatic carbocycles. The first kappa shape index (κ1) is 20.1. The average molecular weight is 386 g/mol. The summed E-state index contributed by atoms with van der Waals surface area (Å²) in [5.74, 6) is -0.0248. The summed E-state index contributed by atoms with van der Waals surface area (Å²) in [5, 5.41) is 3.84. The molecule has 0 heterocycles. The third kappa shape index (κ3) is 6.19. The van der Waals surface area contributed by atoms with Crippen LogP contribution in [0.5, 0.6) is 0 Å². The Labute approximate surface area is 159 Å². The molecule has 0 spiro atoms. The van der Waals surface area contributed by atoms with E-state index in [9.17, 15) is 9.59 Å². The molecule has 0 radical (unpaired) electrons. The van der Waals surface area contributed by atoms with Crippen LogP contribution in [0.4, 0.5) is 0 Å². The Bertz CT molecular complexity index is 615. The fourth-order valence-corrected chi connectivity index (χ4v) is 3.76. The van der Waals surface area contributed by atoms with Gasteiger partial charge in [0.1, 0.15) is 0 Å². The van der Waals surface area contributed by atoms with Gasteiger partial charge in [0.15, 0.2) is 6.10 Å². The second-order valence-electron chi connectivity index (χ2n) is 6.72. The molecule has 4 nitrogen and oxygen atoms in total. The van der Waals surface area contributed by atoms with Crippen LogP contribution in [-0.2, 0) is 14.3 Å².